The first-order chi connectivity index (χ1) is 9.41. The Morgan fingerprint density at radius 3 is 2.60 bits per heavy atom. The molecule has 7 heteroatoms. The van der Waals surface area contributed by atoms with Crippen LogP contribution in [-0.2, 0) is 10.0 Å². The molecule has 5 nitrogen and oxygen atoms in total. The van der Waals surface area contributed by atoms with Crippen molar-refractivity contribution in [2.45, 2.75) is 37.1 Å². The molecule has 0 saturated heterocycles. The first-order valence-electron chi connectivity index (χ1n) is 6.56. The summed E-state index contributed by atoms with van der Waals surface area (Å²) in [7, 11) is -2.12. The van der Waals surface area contributed by atoms with Gasteiger partial charge in [0, 0.05) is 22.7 Å². The molecule has 1 saturated carbocycles. The average molecular weight is 363 g/mol. The number of anilines is 1. The Morgan fingerprint density at radius 2 is 2.10 bits per heavy atom. The fraction of sp³-hybridized carbons (Fsp3) is 0.538. The first-order valence-corrected chi connectivity index (χ1v) is 8.80. The second kappa shape index (κ2) is 5.91. The van der Waals surface area contributed by atoms with Crippen molar-refractivity contribution in [2.24, 2.45) is 0 Å². The van der Waals surface area contributed by atoms with Crippen molar-refractivity contribution in [3.05, 3.63) is 16.6 Å². The third-order valence-electron chi connectivity index (χ3n) is 3.27. The van der Waals surface area contributed by atoms with Gasteiger partial charge in [-0.15, -0.1) is 0 Å². The van der Waals surface area contributed by atoms with Gasteiger partial charge in [0.25, 0.3) is 0 Å². The molecule has 1 aliphatic rings. The lowest BCUT2D eigenvalue weighted by Gasteiger charge is -2.22. The number of sulfonamides is 1. The fourth-order valence-corrected chi connectivity index (χ4v) is 4.39. The topological polar surface area (TPSA) is 72.6 Å². The van der Waals surface area contributed by atoms with E-state index in [4.69, 9.17) is 10.5 Å². The van der Waals surface area contributed by atoms with Gasteiger partial charge < -0.3 is 10.5 Å². The minimum absolute atomic E-state index is 0.120. The minimum Gasteiger partial charge on any atom is -0.495 e. The van der Waals surface area contributed by atoms with E-state index in [2.05, 4.69) is 15.9 Å². The van der Waals surface area contributed by atoms with Crippen LogP contribution in [0.4, 0.5) is 5.69 Å². The number of nitrogens with two attached hydrogens (primary N) is 1. The molecular weight excluding hydrogens is 344 g/mol. The van der Waals surface area contributed by atoms with Crippen LogP contribution in [0.5, 0.6) is 5.75 Å². The molecule has 1 aromatic carbocycles. The summed E-state index contributed by atoms with van der Waals surface area (Å²) in [5, 5.41) is 0. The first kappa shape index (κ1) is 15.6. The number of nitrogens with zero attached hydrogens (tertiary/aromatic N) is 1. The Kier molecular flexibility index (Phi) is 4.61. The highest BCUT2D eigenvalue weighted by Gasteiger charge is 2.38. The van der Waals surface area contributed by atoms with Crippen molar-refractivity contribution in [2.75, 3.05) is 19.4 Å². The van der Waals surface area contributed by atoms with Crippen LogP contribution in [0.3, 0.4) is 0 Å². The molecule has 0 bridgehead atoms. The fourth-order valence-electron chi connectivity index (χ4n) is 2.12. The van der Waals surface area contributed by atoms with Crippen LogP contribution < -0.4 is 10.5 Å². The van der Waals surface area contributed by atoms with Gasteiger partial charge in [-0.1, -0.05) is 6.92 Å². The van der Waals surface area contributed by atoms with Crippen LogP contribution in [-0.4, -0.2) is 32.4 Å². The van der Waals surface area contributed by atoms with Crippen molar-refractivity contribution in [3.63, 3.8) is 0 Å². The predicted octanol–water partition coefficient (Wildman–Crippen LogP) is 2.60. The smallest absolute Gasteiger partial charge is 0.247 e. The number of rotatable bonds is 6. The molecule has 0 amide bonds. The van der Waals surface area contributed by atoms with Gasteiger partial charge >= 0.3 is 0 Å². The molecule has 1 aromatic rings. The van der Waals surface area contributed by atoms with Crippen LogP contribution in [0.25, 0.3) is 0 Å². The van der Waals surface area contributed by atoms with E-state index in [9.17, 15) is 8.42 Å². The number of hydrogen-bond donors (Lipinski definition) is 1. The lowest BCUT2D eigenvalue weighted by molar-refractivity contribution is 0.384. The molecule has 0 heterocycles. The van der Waals surface area contributed by atoms with Crippen LogP contribution in [0.1, 0.15) is 26.2 Å². The highest BCUT2D eigenvalue weighted by molar-refractivity contribution is 9.10. The molecule has 112 valence electrons. The third-order valence-corrected chi connectivity index (χ3v) is 5.93. The molecule has 1 aliphatic carbocycles. The molecule has 0 radical (unpaired) electrons. The lowest BCUT2D eigenvalue weighted by atomic mass is 10.3. The number of methoxy groups -OCH3 is 1. The molecule has 1 fully saturated rings. The Morgan fingerprint density at radius 1 is 1.45 bits per heavy atom. The molecule has 2 rings (SSSR count). The molecule has 20 heavy (non-hydrogen) atoms. The van der Waals surface area contributed by atoms with Crippen molar-refractivity contribution >= 4 is 31.6 Å². The van der Waals surface area contributed by atoms with Gasteiger partial charge in [-0.2, -0.15) is 4.31 Å². The largest absolute Gasteiger partial charge is 0.495 e. The zero-order valence-electron chi connectivity index (χ0n) is 11.6. The van der Waals surface area contributed by atoms with E-state index >= 15 is 0 Å². The molecule has 0 atom stereocenters. The minimum atomic E-state index is -3.57. The van der Waals surface area contributed by atoms with Gasteiger partial charge in [-0.05, 0) is 47.3 Å². The maximum absolute atomic E-state index is 12.8. The third kappa shape index (κ3) is 2.94. The molecule has 2 N–H and O–H groups in total. The highest BCUT2D eigenvalue weighted by atomic mass is 79.9. The summed E-state index contributed by atoms with van der Waals surface area (Å²) < 4.78 is 33.0. The Labute approximate surface area is 128 Å². The van der Waals surface area contributed by atoms with E-state index in [1.807, 2.05) is 6.92 Å². The van der Waals surface area contributed by atoms with Gasteiger partial charge in [0.1, 0.15) is 10.6 Å². The average Bonchev–Trinajstić information content (AvgIpc) is 3.22. The highest BCUT2D eigenvalue weighted by Crippen LogP contribution is 2.38. The predicted molar refractivity (Wildman–Crippen MR) is 82.3 cm³/mol. The summed E-state index contributed by atoms with van der Waals surface area (Å²) in [6.07, 6.45) is 2.63. The molecular formula is C13H19BrN2O3S. The quantitative estimate of drug-likeness (QED) is 0.789. The van der Waals surface area contributed by atoms with Crippen LogP contribution in [0.2, 0.25) is 0 Å². The van der Waals surface area contributed by atoms with Crippen molar-refractivity contribution in [3.8, 4) is 5.75 Å². The molecule has 0 aromatic heterocycles. The Hall–Kier alpha value is -0.790. The van der Waals surface area contributed by atoms with Gasteiger partial charge in [0.2, 0.25) is 10.0 Å². The molecule has 0 spiro atoms. The Bertz CT molecular complexity index is 600. The van der Waals surface area contributed by atoms with Gasteiger partial charge in [0.15, 0.2) is 0 Å². The SMILES string of the molecule is CCCN(C1CC1)S(=O)(=O)c1cc(N)c(Br)cc1OC. The Balaban J connectivity index is 2.49. The molecule has 0 unspecified atom stereocenters. The van der Waals surface area contributed by atoms with E-state index in [-0.39, 0.29) is 10.9 Å². The summed E-state index contributed by atoms with van der Waals surface area (Å²) in [5.74, 6) is 0.313. The second-order valence-corrected chi connectivity index (χ2v) is 7.58. The van der Waals surface area contributed by atoms with Gasteiger partial charge in [0.05, 0.1) is 7.11 Å². The number of benzene rings is 1. The number of halogens is 1. The number of nitrogen functional groups attached to an aromatic ring is 1. The summed E-state index contributed by atoms with van der Waals surface area (Å²) in [6.45, 7) is 2.49. The maximum atomic E-state index is 12.8. The van der Waals surface area contributed by atoms with Gasteiger partial charge in [-0.25, -0.2) is 8.42 Å². The summed E-state index contributed by atoms with van der Waals surface area (Å²) in [6, 6.07) is 3.18. The second-order valence-electron chi connectivity index (χ2n) is 4.87. The van der Waals surface area contributed by atoms with E-state index in [1.165, 1.54) is 13.2 Å². The number of hydrogen-bond acceptors (Lipinski definition) is 4. The van der Waals surface area contributed by atoms with E-state index in [1.54, 1.807) is 10.4 Å². The summed E-state index contributed by atoms with van der Waals surface area (Å²) in [5.41, 5.74) is 6.21. The van der Waals surface area contributed by atoms with Crippen LogP contribution >= 0.6 is 15.9 Å². The zero-order chi connectivity index (χ0) is 14.9. The maximum Gasteiger partial charge on any atom is 0.247 e. The number of ether oxygens (including phenoxy) is 1. The van der Waals surface area contributed by atoms with Crippen molar-refractivity contribution in [1.29, 1.82) is 0 Å². The monoisotopic (exact) mass is 362 g/mol. The van der Waals surface area contributed by atoms with Crippen LogP contribution in [0.15, 0.2) is 21.5 Å². The van der Waals surface area contributed by atoms with Crippen molar-refractivity contribution in [1.82, 2.24) is 4.31 Å². The van der Waals surface area contributed by atoms with Gasteiger partial charge in [-0.3, -0.25) is 0 Å². The van der Waals surface area contributed by atoms with E-state index in [0.717, 1.165) is 19.3 Å². The standard InChI is InChI=1S/C13H19BrN2O3S/c1-3-6-16(9-4-5-9)20(17,18)13-8-11(15)10(14)7-12(13)19-2/h7-9H,3-6,15H2,1-2H3. The summed E-state index contributed by atoms with van der Waals surface area (Å²) in [4.78, 5) is 0.140. The van der Waals surface area contributed by atoms with E-state index < -0.39 is 10.0 Å². The van der Waals surface area contributed by atoms with Crippen molar-refractivity contribution < 1.29 is 13.2 Å². The molecule has 0 aliphatic heterocycles. The van der Waals surface area contributed by atoms with Crippen LogP contribution in [0, 0.1) is 0 Å². The zero-order valence-corrected chi connectivity index (χ0v) is 14.0. The lowest BCUT2D eigenvalue weighted by Crippen LogP contribution is -2.34. The van der Waals surface area contributed by atoms with E-state index in [0.29, 0.717) is 22.5 Å². The normalized spacial score (nSPS) is 15.6. The summed E-state index contributed by atoms with van der Waals surface area (Å²) >= 11 is 3.28.